The fraction of sp³-hybridized carbons (Fsp3) is 0. The van der Waals surface area contributed by atoms with Gasteiger partial charge in [-0.1, -0.05) is 103 Å². The summed E-state index contributed by atoms with van der Waals surface area (Å²) >= 11 is 0. The minimum atomic E-state index is 0.822. The van der Waals surface area contributed by atoms with E-state index in [1.807, 2.05) is 36.4 Å². The van der Waals surface area contributed by atoms with Gasteiger partial charge in [0.2, 0.25) is 0 Å². The molecule has 4 heteroatoms. The van der Waals surface area contributed by atoms with Crippen LogP contribution in [0.2, 0.25) is 0 Å². The van der Waals surface area contributed by atoms with Gasteiger partial charge in [-0.2, -0.15) is 0 Å². The molecule has 0 saturated heterocycles. The zero-order chi connectivity index (χ0) is 30.2. The van der Waals surface area contributed by atoms with Crippen molar-refractivity contribution in [3.05, 3.63) is 152 Å². The fourth-order valence-corrected chi connectivity index (χ4v) is 7.03. The van der Waals surface area contributed by atoms with Crippen LogP contribution in [0.3, 0.4) is 0 Å². The normalized spacial score (nSPS) is 11.9. The van der Waals surface area contributed by atoms with Crippen molar-refractivity contribution in [2.45, 2.75) is 0 Å². The van der Waals surface area contributed by atoms with E-state index in [2.05, 4.69) is 120 Å². The minimum absolute atomic E-state index is 0.822. The van der Waals surface area contributed by atoms with Crippen LogP contribution in [0.4, 0.5) is 17.1 Å². The number of hydrogen-bond donors (Lipinski definition) is 0. The van der Waals surface area contributed by atoms with E-state index in [-0.39, 0.29) is 0 Å². The first-order valence-corrected chi connectivity index (χ1v) is 15.4. The van der Waals surface area contributed by atoms with E-state index in [1.54, 1.807) is 0 Å². The van der Waals surface area contributed by atoms with Crippen molar-refractivity contribution in [3.8, 4) is 11.1 Å². The van der Waals surface area contributed by atoms with Gasteiger partial charge in [-0.3, -0.25) is 0 Å². The first kappa shape index (κ1) is 25.1. The third kappa shape index (κ3) is 3.61. The van der Waals surface area contributed by atoms with Gasteiger partial charge in [-0.05, 0) is 54.1 Å². The van der Waals surface area contributed by atoms with Gasteiger partial charge in [0.25, 0.3) is 0 Å². The molecule has 0 aliphatic heterocycles. The number of benzene rings is 7. The highest BCUT2D eigenvalue weighted by Gasteiger charge is 2.24. The lowest BCUT2D eigenvalue weighted by Crippen LogP contribution is -2.10. The van der Waals surface area contributed by atoms with Crippen molar-refractivity contribution in [2.75, 3.05) is 4.90 Å². The van der Waals surface area contributed by atoms with Gasteiger partial charge >= 0.3 is 0 Å². The number of para-hydroxylation sites is 4. The molecule has 3 heterocycles. The minimum Gasteiger partial charge on any atom is -0.456 e. The molecule has 46 heavy (non-hydrogen) atoms. The fourth-order valence-electron chi connectivity index (χ4n) is 7.03. The Balaban J connectivity index is 1.31. The predicted molar refractivity (Wildman–Crippen MR) is 188 cm³/mol. The van der Waals surface area contributed by atoms with Gasteiger partial charge in [0.05, 0.1) is 16.8 Å². The second kappa shape index (κ2) is 9.62. The molecule has 0 atom stereocenters. The Morgan fingerprint density at radius 1 is 0.370 bits per heavy atom. The number of rotatable bonds is 4. The third-order valence-electron chi connectivity index (χ3n) is 9.07. The van der Waals surface area contributed by atoms with E-state index in [4.69, 9.17) is 13.3 Å². The highest BCUT2D eigenvalue weighted by Crippen LogP contribution is 2.48. The molecule has 0 spiro atoms. The number of anilines is 3. The Labute approximate surface area is 263 Å². The quantitative estimate of drug-likeness (QED) is 0.204. The molecule has 216 valence electrons. The summed E-state index contributed by atoms with van der Waals surface area (Å²) in [6, 6.07) is 52.3. The van der Waals surface area contributed by atoms with E-state index in [9.17, 15) is 0 Å². The van der Waals surface area contributed by atoms with Crippen molar-refractivity contribution < 1.29 is 13.3 Å². The standard InChI is InChI=1S/C42H25NO3/c1-2-11-26(12-3-1)28-15-8-16-30-31-17-9-19-35(42(31)46-41(28)30)43(27-23-24-38-33(25-27)29-13-4-6-20-36(29)44-38)34-18-10-22-39-40(34)32-14-5-7-21-37(32)45-39/h1-25H. The summed E-state index contributed by atoms with van der Waals surface area (Å²) in [5.41, 5.74) is 10.2. The van der Waals surface area contributed by atoms with E-state index in [0.29, 0.717) is 0 Å². The van der Waals surface area contributed by atoms with Gasteiger partial charge in [-0.25, -0.2) is 0 Å². The Morgan fingerprint density at radius 2 is 0.978 bits per heavy atom. The topological polar surface area (TPSA) is 42.7 Å². The molecule has 3 aromatic heterocycles. The Bertz CT molecular complexity index is 2760. The Morgan fingerprint density at radius 3 is 1.85 bits per heavy atom. The van der Waals surface area contributed by atoms with Crippen molar-refractivity contribution in [1.82, 2.24) is 0 Å². The van der Waals surface area contributed by atoms with Crippen LogP contribution in [0, 0.1) is 0 Å². The molecule has 0 unspecified atom stereocenters. The van der Waals surface area contributed by atoms with Crippen molar-refractivity contribution in [3.63, 3.8) is 0 Å². The first-order valence-electron chi connectivity index (χ1n) is 15.4. The van der Waals surface area contributed by atoms with Crippen molar-refractivity contribution in [2.24, 2.45) is 0 Å². The van der Waals surface area contributed by atoms with Crippen LogP contribution >= 0.6 is 0 Å². The predicted octanol–water partition coefficient (Wildman–Crippen LogP) is 12.5. The summed E-state index contributed by atoms with van der Waals surface area (Å²) in [6.07, 6.45) is 0. The summed E-state index contributed by atoms with van der Waals surface area (Å²) in [5.74, 6) is 0. The first-order chi connectivity index (χ1) is 22.8. The Hall–Kier alpha value is -6.26. The average molecular weight is 592 g/mol. The van der Waals surface area contributed by atoms with Crippen LogP contribution in [0.25, 0.3) is 76.9 Å². The van der Waals surface area contributed by atoms with E-state index in [0.717, 1.165) is 94.0 Å². The maximum atomic E-state index is 6.93. The second-order valence-electron chi connectivity index (χ2n) is 11.7. The summed E-state index contributed by atoms with van der Waals surface area (Å²) in [4.78, 5) is 2.30. The molecule has 4 nitrogen and oxygen atoms in total. The number of hydrogen-bond acceptors (Lipinski definition) is 4. The van der Waals surface area contributed by atoms with E-state index < -0.39 is 0 Å². The number of furan rings is 3. The lowest BCUT2D eigenvalue weighted by molar-refractivity contribution is 0.668. The smallest absolute Gasteiger partial charge is 0.159 e. The van der Waals surface area contributed by atoms with Crippen LogP contribution in [0.15, 0.2) is 165 Å². The maximum Gasteiger partial charge on any atom is 0.159 e. The summed E-state index contributed by atoms with van der Waals surface area (Å²) in [7, 11) is 0. The lowest BCUT2D eigenvalue weighted by atomic mass is 10.0. The number of nitrogens with zero attached hydrogens (tertiary/aromatic N) is 1. The monoisotopic (exact) mass is 591 g/mol. The average Bonchev–Trinajstić information content (AvgIpc) is 3.80. The molecule has 0 aliphatic carbocycles. The Kier molecular flexibility index (Phi) is 5.25. The van der Waals surface area contributed by atoms with Gasteiger partial charge in [0, 0.05) is 38.2 Å². The lowest BCUT2D eigenvalue weighted by Gasteiger charge is -2.26. The van der Waals surface area contributed by atoms with Gasteiger partial charge in [-0.15, -0.1) is 0 Å². The maximum absolute atomic E-state index is 6.93. The number of fused-ring (bicyclic) bond motifs is 9. The molecule has 0 N–H and O–H groups in total. The molecular formula is C42H25NO3. The zero-order valence-corrected chi connectivity index (χ0v) is 24.6. The van der Waals surface area contributed by atoms with Crippen LogP contribution in [-0.4, -0.2) is 0 Å². The van der Waals surface area contributed by atoms with Gasteiger partial charge in [0.1, 0.15) is 27.9 Å². The summed E-state index contributed by atoms with van der Waals surface area (Å²) in [6.45, 7) is 0. The molecule has 10 aromatic rings. The summed E-state index contributed by atoms with van der Waals surface area (Å²) in [5, 5.41) is 6.41. The molecule has 0 amide bonds. The van der Waals surface area contributed by atoms with E-state index >= 15 is 0 Å². The molecule has 7 aromatic carbocycles. The van der Waals surface area contributed by atoms with Crippen LogP contribution in [0.5, 0.6) is 0 Å². The van der Waals surface area contributed by atoms with Crippen LogP contribution in [0.1, 0.15) is 0 Å². The molecule has 0 radical (unpaired) electrons. The van der Waals surface area contributed by atoms with Gasteiger partial charge in [0.15, 0.2) is 5.58 Å². The van der Waals surface area contributed by atoms with Crippen molar-refractivity contribution in [1.29, 1.82) is 0 Å². The molecule has 0 aliphatic rings. The SMILES string of the molecule is c1ccc(-c2cccc3c2oc2c(N(c4ccc5oc6ccccc6c5c4)c4cccc5oc6ccccc6c45)cccc23)cc1. The third-order valence-corrected chi connectivity index (χ3v) is 9.07. The van der Waals surface area contributed by atoms with Crippen LogP contribution in [-0.2, 0) is 0 Å². The highest BCUT2D eigenvalue weighted by atomic mass is 16.3. The largest absolute Gasteiger partial charge is 0.456 e. The molecule has 10 rings (SSSR count). The van der Waals surface area contributed by atoms with Crippen molar-refractivity contribution >= 4 is 82.9 Å². The van der Waals surface area contributed by atoms with Crippen LogP contribution < -0.4 is 4.90 Å². The molecule has 0 fully saturated rings. The highest BCUT2D eigenvalue weighted by molar-refractivity contribution is 6.17. The molecular weight excluding hydrogens is 566 g/mol. The summed E-state index contributed by atoms with van der Waals surface area (Å²) < 4.78 is 19.5. The molecule has 0 saturated carbocycles. The van der Waals surface area contributed by atoms with Gasteiger partial charge < -0.3 is 18.2 Å². The second-order valence-corrected chi connectivity index (χ2v) is 11.7. The zero-order valence-electron chi connectivity index (χ0n) is 24.6. The molecule has 0 bridgehead atoms. The van der Waals surface area contributed by atoms with E-state index in [1.165, 1.54) is 0 Å².